The molecule has 5 rings (SSSR count). The number of aromatic nitrogens is 3. The highest BCUT2D eigenvalue weighted by molar-refractivity contribution is 6.11. The molecule has 0 radical (unpaired) electrons. The average molecular weight is 449 g/mol. The van der Waals surface area contributed by atoms with Gasteiger partial charge in [-0.05, 0) is 31.9 Å². The molecule has 0 spiro atoms. The summed E-state index contributed by atoms with van der Waals surface area (Å²) in [6.07, 6.45) is 6.93. The number of benzene rings is 1. The smallest absolute Gasteiger partial charge is 0.199 e. The number of carbonyl (C=O) groups is 1. The molecule has 33 heavy (non-hydrogen) atoms. The highest BCUT2D eigenvalue weighted by Gasteiger charge is 2.53. The van der Waals surface area contributed by atoms with Gasteiger partial charge in [0, 0.05) is 43.2 Å². The minimum atomic E-state index is -0.713. The molecule has 8 nitrogen and oxygen atoms in total. The Labute approximate surface area is 192 Å². The van der Waals surface area contributed by atoms with E-state index >= 15 is 0 Å². The molecule has 172 valence electrons. The molecule has 3 aromatic rings. The Morgan fingerprint density at radius 1 is 1.21 bits per heavy atom. The molecule has 1 aromatic carbocycles. The molecule has 4 unspecified atom stereocenters. The number of nitrogens with one attached hydrogen (secondary N) is 1. The maximum Gasteiger partial charge on any atom is 0.199 e. The van der Waals surface area contributed by atoms with Gasteiger partial charge in [0.1, 0.15) is 18.2 Å². The minimum absolute atomic E-state index is 0.0171. The maximum absolute atomic E-state index is 13.3. The fourth-order valence-electron chi connectivity index (χ4n) is 4.82. The lowest BCUT2D eigenvalue weighted by Crippen LogP contribution is -2.35. The van der Waals surface area contributed by atoms with Crippen molar-refractivity contribution in [3.05, 3.63) is 78.0 Å². The number of hydrogen-bond acceptors (Lipinski definition) is 7. The molecule has 1 aliphatic heterocycles. The Morgan fingerprint density at radius 3 is 2.79 bits per heavy atom. The fraction of sp³-hybridized carbons (Fsp3) is 0.400. The van der Waals surface area contributed by atoms with Crippen molar-refractivity contribution in [1.29, 1.82) is 0 Å². The van der Waals surface area contributed by atoms with Crippen LogP contribution < -0.4 is 5.32 Å². The van der Waals surface area contributed by atoms with Gasteiger partial charge in [-0.15, -0.1) is 0 Å². The largest absolute Gasteiger partial charge is 0.396 e. The first-order valence-corrected chi connectivity index (χ1v) is 11.2. The molecule has 2 fully saturated rings. The molecule has 4 atom stereocenters. The molecule has 1 aliphatic carbocycles. The summed E-state index contributed by atoms with van der Waals surface area (Å²) in [6.45, 7) is 4.45. The Morgan fingerprint density at radius 2 is 2.00 bits per heavy atom. The zero-order valence-corrected chi connectivity index (χ0v) is 18.7. The van der Waals surface area contributed by atoms with Crippen LogP contribution in [-0.2, 0) is 16.0 Å². The van der Waals surface area contributed by atoms with E-state index < -0.39 is 5.79 Å². The summed E-state index contributed by atoms with van der Waals surface area (Å²) in [4.78, 5) is 21.8. The second-order valence-electron chi connectivity index (χ2n) is 9.17. The number of hydrogen-bond donors (Lipinski definition) is 2. The van der Waals surface area contributed by atoms with Crippen LogP contribution in [0.5, 0.6) is 0 Å². The fourth-order valence-corrected chi connectivity index (χ4v) is 4.82. The first kappa shape index (κ1) is 21.8. The highest BCUT2D eigenvalue weighted by Crippen LogP contribution is 2.42. The lowest BCUT2D eigenvalue weighted by Gasteiger charge is -2.24. The molecule has 2 aromatic heterocycles. The van der Waals surface area contributed by atoms with Crippen molar-refractivity contribution in [3.63, 3.8) is 0 Å². The molecule has 0 bridgehead atoms. The summed E-state index contributed by atoms with van der Waals surface area (Å²) in [5, 5.41) is 13.2. The van der Waals surface area contributed by atoms with Gasteiger partial charge in [0.15, 0.2) is 11.6 Å². The Kier molecular flexibility index (Phi) is 5.74. The van der Waals surface area contributed by atoms with Gasteiger partial charge in [-0.2, -0.15) is 0 Å². The number of ketones is 1. The summed E-state index contributed by atoms with van der Waals surface area (Å²) < 4.78 is 14.1. The van der Waals surface area contributed by atoms with Gasteiger partial charge in [0.25, 0.3) is 0 Å². The number of aliphatic hydroxyl groups is 1. The van der Waals surface area contributed by atoms with Crippen molar-refractivity contribution >= 4 is 11.6 Å². The molecule has 2 N–H and O–H groups in total. The van der Waals surface area contributed by atoms with E-state index in [0.717, 1.165) is 5.56 Å². The zero-order chi connectivity index (χ0) is 23.0. The predicted molar refractivity (Wildman–Crippen MR) is 122 cm³/mol. The van der Waals surface area contributed by atoms with E-state index in [1.54, 1.807) is 0 Å². The van der Waals surface area contributed by atoms with Crippen LogP contribution in [0.15, 0.2) is 61.3 Å². The number of anilines is 1. The second-order valence-corrected chi connectivity index (χ2v) is 9.17. The molecular weight excluding hydrogens is 420 g/mol. The predicted octanol–water partition coefficient (Wildman–Crippen LogP) is 2.87. The standard InChI is InChI=1S/C25H28N4O4/c1-25(2)32-22-18(14-30)10-20(23(22)33-25)28-24-19(11-26-15-27-24)21(31)17-8-9-29(13-17)12-16-6-4-3-5-7-16/h3-9,11,13,15,18,20,22-23,30H,10,12,14H2,1-2H3,(H,26,27,28). The summed E-state index contributed by atoms with van der Waals surface area (Å²) in [6, 6.07) is 11.8. The average Bonchev–Trinajstić information content (AvgIpc) is 3.48. The Hall–Kier alpha value is -3.07. The van der Waals surface area contributed by atoms with Crippen molar-refractivity contribution in [2.75, 3.05) is 11.9 Å². The molecule has 8 heteroatoms. The van der Waals surface area contributed by atoms with Gasteiger partial charge in [0.2, 0.25) is 0 Å². The topological polar surface area (TPSA) is 98.5 Å². The van der Waals surface area contributed by atoms with E-state index in [2.05, 4.69) is 27.4 Å². The molecule has 2 aliphatic rings. The molecule has 1 saturated carbocycles. The van der Waals surface area contributed by atoms with E-state index in [4.69, 9.17) is 9.47 Å². The monoisotopic (exact) mass is 448 g/mol. The number of nitrogens with zero attached hydrogens (tertiary/aromatic N) is 3. The van der Waals surface area contributed by atoms with Crippen molar-refractivity contribution in [1.82, 2.24) is 14.5 Å². The van der Waals surface area contributed by atoms with E-state index in [0.29, 0.717) is 29.9 Å². The van der Waals surface area contributed by atoms with E-state index in [1.807, 2.05) is 55.1 Å². The van der Waals surface area contributed by atoms with Crippen LogP contribution in [-0.4, -0.2) is 56.1 Å². The van der Waals surface area contributed by atoms with Crippen molar-refractivity contribution in [2.24, 2.45) is 5.92 Å². The number of rotatable bonds is 7. The van der Waals surface area contributed by atoms with Gasteiger partial charge in [-0.1, -0.05) is 30.3 Å². The number of fused-ring (bicyclic) bond motifs is 1. The number of ether oxygens (including phenoxy) is 2. The first-order valence-electron chi connectivity index (χ1n) is 11.2. The van der Waals surface area contributed by atoms with Gasteiger partial charge >= 0.3 is 0 Å². The van der Waals surface area contributed by atoms with Crippen LogP contribution in [0.1, 0.15) is 41.8 Å². The van der Waals surface area contributed by atoms with Crippen molar-refractivity contribution in [3.8, 4) is 0 Å². The molecular formula is C25H28N4O4. The molecule has 0 amide bonds. The number of aliphatic hydroxyl groups excluding tert-OH is 1. The minimum Gasteiger partial charge on any atom is -0.396 e. The molecule has 3 heterocycles. The first-order chi connectivity index (χ1) is 15.9. The maximum atomic E-state index is 13.3. The van der Waals surface area contributed by atoms with Crippen LogP contribution in [0.25, 0.3) is 0 Å². The van der Waals surface area contributed by atoms with Crippen molar-refractivity contribution in [2.45, 2.75) is 50.8 Å². The van der Waals surface area contributed by atoms with E-state index in [9.17, 15) is 9.90 Å². The van der Waals surface area contributed by atoms with Crippen LogP contribution in [0, 0.1) is 5.92 Å². The summed E-state index contributed by atoms with van der Waals surface area (Å²) in [7, 11) is 0. The van der Waals surface area contributed by atoms with Crippen LogP contribution in [0.4, 0.5) is 5.82 Å². The third-order valence-electron chi connectivity index (χ3n) is 6.32. The van der Waals surface area contributed by atoms with Gasteiger partial charge in [0.05, 0.1) is 17.7 Å². The lowest BCUT2D eigenvalue weighted by atomic mass is 10.1. The van der Waals surface area contributed by atoms with E-state index in [1.165, 1.54) is 12.5 Å². The molecule has 1 saturated heterocycles. The zero-order valence-electron chi connectivity index (χ0n) is 18.7. The Bertz CT molecular complexity index is 1130. The van der Waals surface area contributed by atoms with Crippen LogP contribution >= 0.6 is 0 Å². The third kappa shape index (κ3) is 4.42. The van der Waals surface area contributed by atoms with Gasteiger partial charge in [-0.25, -0.2) is 9.97 Å². The van der Waals surface area contributed by atoms with Crippen LogP contribution in [0.2, 0.25) is 0 Å². The number of carbonyl (C=O) groups excluding carboxylic acids is 1. The second kappa shape index (κ2) is 8.70. The van der Waals surface area contributed by atoms with Gasteiger partial charge < -0.3 is 24.5 Å². The SMILES string of the molecule is CC1(C)OC2C(CO)CC(Nc3ncncc3C(=O)c3ccn(Cc4ccccc4)c3)C2O1. The van der Waals surface area contributed by atoms with Gasteiger partial charge in [-0.3, -0.25) is 4.79 Å². The normalized spacial score (nSPS) is 25.7. The quantitative estimate of drug-likeness (QED) is 0.536. The summed E-state index contributed by atoms with van der Waals surface area (Å²) in [5.41, 5.74) is 2.13. The highest BCUT2D eigenvalue weighted by atomic mass is 16.8. The van der Waals surface area contributed by atoms with E-state index in [-0.39, 0.29) is 36.6 Å². The Balaban J connectivity index is 1.35. The third-order valence-corrected chi connectivity index (χ3v) is 6.32. The van der Waals surface area contributed by atoms with Crippen molar-refractivity contribution < 1.29 is 19.4 Å². The summed E-state index contributed by atoms with van der Waals surface area (Å²) in [5.74, 6) is -0.444. The lowest BCUT2D eigenvalue weighted by molar-refractivity contribution is -0.158. The summed E-state index contributed by atoms with van der Waals surface area (Å²) >= 11 is 0. The van der Waals surface area contributed by atoms with Crippen LogP contribution in [0.3, 0.4) is 0 Å².